The molecule has 1 saturated heterocycles. The Morgan fingerprint density at radius 3 is 2.49 bits per heavy atom. The fraction of sp³-hybridized carbons (Fsp3) is 0.417. The molecular formula is C24H25Cl2N5O4. The molecule has 3 aromatic rings. The number of amides is 2. The molecule has 1 aliphatic heterocycles. The Labute approximate surface area is 212 Å². The number of anilines is 2. The molecule has 4 heterocycles. The molecule has 0 unspecified atom stereocenters. The molecule has 35 heavy (non-hydrogen) atoms. The summed E-state index contributed by atoms with van der Waals surface area (Å²) in [5.74, 6) is -0.662. The predicted octanol–water partition coefficient (Wildman–Crippen LogP) is 4.61. The maximum Gasteiger partial charge on any atom is 0.294 e. The highest BCUT2D eigenvalue weighted by atomic mass is 35.5. The molecule has 0 bridgehead atoms. The molecule has 11 heteroatoms. The van der Waals surface area contributed by atoms with Crippen molar-refractivity contribution in [1.29, 1.82) is 0 Å². The van der Waals surface area contributed by atoms with E-state index in [2.05, 4.69) is 25.5 Å². The normalized spacial score (nSPS) is 21.1. The van der Waals surface area contributed by atoms with E-state index in [9.17, 15) is 9.59 Å². The highest BCUT2D eigenvalue weighted by Gasteiger charge is 2.32. The van der Waals surface area contributed by atoms with Gasteiger partial charge in [0.25, 0.3) is 5.91 Å². The first-order valence-electron chi connectivity index (χ1n) is 11.6. The minimum atomic E-state index is -0.569. The van der Waals surface area contributed by atoms with Gasteiger partial charge in [0.05, 0.1) is 18.2 Å². The third-order valence-electron chi connectivity index (χ3n) is 6.55. The molecule has 3 aromatic heterocycles. The van der Waals surface area contributed by atoms with Gasteiger partial charge in [0.15, 0.2) is 5.58 Å². The Morgan fingerprint density at radius 2 is 1.77 bits per heavy atom. The molecule has 184 valence electrons. The molecular weight excluding hydrogens is 493 g/mol. The topological polar surface area (TPSA) is 110 Å². The van der Waals surface area contributed by atoms with E-state index >= 15 is 0 Å². The number of aromatic nitrogens is 2. The second kappa shape index (κ2) is 10.5. The van der Waals surface area contributed by atoms with Gasteiger partial charge < -0.3 is 19.8 Å². The number of morpholine rings is 1. The number of carbonyl (C=O) groups excluding carboxylic acids is 2. The molecule has 2 fully saturated rings. The van der Waals surface area contributed by atoms with Crippen LogP contribution in [-0.2, 0) is 9.53 Å². The Kier molecular flexibility index (Phi) is 7.19. The smallest absolute Gasteiger partial charge is 0.294 e. The molecule has 5 rings (SSSR count). The van der Waals surface area contributed by atoms with Gasteiger partial charge >= 0.3 is 0 Å². The number of nitrogens with zero attached hydrogens (tertiary/aromatic N) is 3. The Bertz CT molecular complexity index is 1220. The maximum absolute atomic E-state index is 13.2. The average Bonchev–Trinajstić information content (AvgIpc) is 3.23. The number of halogens is 2. The number of ether oxygens (including phenoxy) is 1. The first kappa shape index (κ1) is 24.0. The summed E-state index contributed by atoms with van der Waals surface area (Å²) in [6.45, 7) is 3.41. The van der Waals surface area contributed by atoms with Crippen LogP contribution in [0.25, 0.3) is 11.1 Å². The molecule has 9 nitrogen and oxygen atoms in total. The molecule has 1 aliphatic carbocycles. The lowest BCUT2D eigenvalue weighted by atomic mass is 9.84. The minimum Gasteiger partial charge on any atom is -0.447 e. The summed E-state index contributed by atoms with van der Waals surface area (Å²) in [6, 6.07) is 6.84. The molecule has 0 aromatic carbocycles. The van der Waals surface area contributed by atoms with Crippen LogP contribution in [0.2, 0.25) is 10.2 Å². The number of hydrogen-bond donors (Lipinski definition) is 2. The molecule has 1 saturated carbocycles. The summed E-state index contributed by atoms with van der Waals surface area (Å²) in [6.07, 6.45) is 4.86. The summed E-state index contributed by atoms with van der Waals surface area (Å²) < 4.78 is 11.2. The van der Waals surface area contributed by atoms with Gasteiger partial charge in [-0.1, -0.05) is 23.2 Å². The molecule has 0 atom stereocenters. The van der Waals surface area contributed by atoms with Crippen molar-refractivity contribution < 1.29 is 18.7 Å². The molecule has 0 spiro atoms. The van der Waals surface area contributed by atoms with Crippen molar-refractivity contribution in [3.63, 3.8) is 0 Å². The molecule has 2 N–H and O–H groups in total. The lowest BCUT2D eigenvalue weighted by Crippen LogP contribution is -2.45. The van der Waals surface area contributed by atoms with Crippen LogP contribution in [0.3, 0.4) is 0 Å². The van der Waals surface area contributed by atoms with Gasteiger partial charge in [-0.3, -0.25) is 14.5 Å². The average molecular weight is 518 g/mol. The van der Waals surface area contributed by atoms with Gasteiger partial charge in [-0.05, 0) is 49.9 Å². The number of furan rings is 1. The number of nitrogens with one attached hydrogen (secondary N) is 2. The van der Waals surface area contributed by atoms with E-state index < -0.39 is 5.91 Å². The van der Waals surface area contributed by atoms with Crippen LogP contribution in [0.15, 0.2) is 34.9 Å². The van der Waals surface area contributed by atoms with Crippen molar-refractivity contribution >= 4 is 57.6 Å². The fourth-order valence-electron chi connectivity index (χ4n) is 4.72. The lowest BCUT2D eigenvalue weighted by molar-refractivity contribution is -0.121. The van der Waals surface area contributed by atoms with Crippen molar-refractivity contribution in [3.8, 4) is 0 Å². The summed E-state index contributed by atoms with van der Waals surface area (Å²) >= 11 is 12.0. The van der Waals surface area contributed by atoms with Crippen molar-refractivity contribution in [2.45, 2.75) is 31.7 Å². The van der Waals surface area contributed by atoms with Gasteiger partial charge in [-0.25, -0.2) is 9.97 Å². The molecule has 2 amide bonds. The third kappa shape index (κ3) is 5.43. The Hall–Kier alpha value is -2.72. The summed E-state index contributed by atoms with van der Waals surface area (Å²) in [7, 11) is 0. The van der Waals surface area contributed by atoms with Crippen LogP contribution in [-0.4, -0.2) is 59.0 Å². The van der Waals surface area contributed by atoms with Crippen molar-refractivity contribution in [2.24, 2.45) is 5.92 Å². The van der Waals surface area contributed by atoms with E-state index in [-0.39, 0.29) is 28.4 Å². The van der Waals surface area contributed by atoms with Crippen LogP contribution in [0.5, 0.6) is 0 Å². The first-order chi connectivity index (χ1) is 17.0. The largest absolute Gasteiger partial charge is 0.447 e. The lowest BCUT2D eigenvalue weighted by Gasteiger charge is -2.38. The highest BCUT2D eigenvalue weighted by molar-refractivity contribution is 6.30. The number of fused-ring (bicyclic) bond motifs is 1. The SMILES string of the molecule is O=C(Nc1ccc(Cl)cn1)c1oc2ccc(Cl)nc2c1NC(=O)[C@H]1CC[C@H](N2CCOCC2)CC1. The fourth-order valence-corrected chi connectivity index (χ4v) is 4.98. The van der Waals surface area contributed by atoms with Crippen molar-refractivity contribution in [3.05, 3.63) is 46.4 Å². The van der Waals surface area contributed by atoms with Crippen molar-refractivity contribution in [1.82, 2.24) is 14.9 Å². The number of hydrogen-bond acceptors (Lipinski definition) is 7. The summed E-state index contributed by atoms with van der Waals surface area (Å²) in [5.41, 5.74) is 0.867. The molecule has 2 aliphatic rings. The van der Waals surface area contributed by atoms with E-state index in [4.69, 9.17) is 32.4 Å². The number of carbonyl (C=O) groups is 2. The number of pyridine rings is 2. The first-order valence-corrected chi connectivity index (χ1v) is 12.4. The molecule has 0 radical (unpaired) electrons. The van der Waals surface area contributed by atoms with Gasteiger partial charge in [-0.2, -0.15) is 0 Å². The number of rotatable bonds is 5. The zero-order valence-electron chi connectivity index (χ0n) is 18.9. The van der Waals surface area contributed by atoms with Crippen LogP contribution >= 0.6 is 23.2 Å². The summed E-state index contributed by atoms with van der Waals surface area (Å²) in [4.78, 5) is 37.1. The van der Waals surface area contributed by atoms with Gasteiger partial charge in [0, 0.05) is 31.2 Å². The second-order valence-corrected chi connectivity index (χ2v) is 9.57. The van der Waals surface area contributed by atoms with Gasteiger partial charge in [-0.15, -0.1) is 0 Å². The van der Waals surface area contributed by atoms with E-state index in [1.54, 1.807) is 24.3 Å². The van der Waals surface area contributed by atoms with Gasteiger partial charge in [0.2, 0.25) is 11.7 Å². The Balaban J connectivity index is 1.33. The van der Waals surface area contributed by atoms with E-state index in [0.717, 1.165) is 52.0 Å². The van der Waals surface area contributed by atoms with Crippen LogP contribution < -0.4 is 10.6 Å². The second-order valence-electron chi connectivity index (χ2n) is 8.75. The zero-order chi connectivity index (χ0) is 24.4. The quantitative estimate of drug-likeness (QED) is 0.475. The highest BCUT2D eigenvalue weighted by Crippen LogP contribution is 2.34. The van der Waals surface area contributed by atoms with Crippen molar-refractivity contribution in [2.75, 3.05) is 36.9 Å². The maximum atomic E-state index is 13.2. The predicted molar refractivity (Wildman–Crippen MR) is 133 cm³/mol. The van der Waals surface area contributed by atoms with Crippen LogP contribution in [0, 0.1) is 5.92 Å². The van der Waals surface area contributed by atoms with E-state index in [0.29, 0.717) is 28.0 Å². The van der Waals surface area contributed by atoms with Crippen LogP contribution in [0.4, 0.5) is 11.5 Å². The summed E-state index contributed by atoms with van der Waals surface area (Å²) in [5, 5.41) is 6.25. The minimum absolute atomic E-state index is 0.0677. The standard InChI is InChI=1S/C24H25Cl2N5O4/c25-15-3-8-19(27-13-15)29-24(33)22-21(20-17(35-22)6-7-18(26)28-20)30-23(32)14-1-4-16(5-2-14)31-9-11-34-12-10-31/h3,6-8,13-14,16H,1-2,4-5,9-12H2,(H,30,32)(H,27,29,33)/t14-,16-. The van der Waals surface area contributed by atoms with E-state index in [1.807, 2.05) is 0 Å². The monoisotopic (exact) mass is 517 g/mol. The van der Waals surface area contributed by atoms with Crippen LogP contribution in [0.1, 0.15) is 36.2 Å². The van der Waals surface area contributed by atoms with E-state index in [1.165, 1.54) is 6.20 Å². The zero-order valence-corrected chi connectivity index (χ0v) is 20.4. The third-order valence-corrected chi connectivity index (χ3v) is 6.99. The van der Waals surface area contributed by atoms with Gasteiger partial charge in [0.1, 0.15) is 22.2 Å². The Morgan fingerprint density at radius 1 is 1.00 bits per heavy atom.